The minimum Gasteiger partial charge on any atom is -0.493 e. The van der Waals surface area contributed by atoms with Crippen LogP contribution in [0.1, 0.15) is 26.2 Å². The summed E-state index contributed by atoms with van der Waals surface area (Å²) in [5.74, 6) is 2.73. The number of likely N-dealkylation sites (tertiary alicyclic amines) is 1. The highest BCUT2D eigenvalue weighted by Gasteiger charge is 2.19. The van der Waals surface area contributed by atoms with E-state index in [0.717, 1.165) is 36.0 Å². The Morgan fingerprint density at radius 2 is 2.15 bits per heavy atom. The van der Waals surface area contributed by atoms with Gasteiger partial charge in [0.05, 0.1) is 13.7 Å². The highest BCUT2D eigenvalue weighted by molar-refractivity contribution is 5.60. The lowest BCUT2D eigenvalue weighted by molar-refractivity contribution is 0.226. The van der Waals surface area contributed by atoms with Gasteiger partial charge in [-0.3, -0.25) is 0 Å². The number of aromatic nitrogens is 2. The molecule has 0 aliphatic carbocycles. The summed E-state index contributed by atoms with van der Waals surface area (Å²) in [7, 11) is 3.48. The molecule has 0 radical (unpaired) electrons. The van der Waals surface area contributed by atoms with Gasteiger partial charge in [-0.05, 0) is 50.9 Å². The predicted molar refractivity (Wildman–Crippen MR) is 108 cm³/mol. The first kappa shape index (κ1) is 19.2. The van der Waals surface area contributed by atoms with Crippen LogP contribution in [0.4, 0.5) is 17.5 Å². The third kappa shape index (κ3) is 5.23. The molecule has 0 spiro atoms. The minimum atomic E-state index is 0.529. The third-order valence-electron chi connectivity index (χ3n) is 4.87. The molecule has 7 nitrogen and oxygen atoms in total. The van der Waals surface area contributed by atoms with Gasteiger partial charge in [-0.15, -0.1) is 0 Å². The summed E-state index contributed by atoms with van der Waals surface area (Å²) in [6.45, 7) is 5.24. The van der Waals surface area contributed by atoms with Crippen molar-refractivity contribution in [2.24, 2.45) is 0 Å². The molecule has 7 heteroatoms. The second kappa shape index (κ2) is 9.41. The van der Waals surface area contributed by atoms with E-state index in [-0.39, 0.29) is 0 Å². The Kier molecular flexibility index (Phi) is 6.70. The maximum absolute atomic E-state index is 6.00. The summed E-state index contributed by atoms with van der Waals surface area (Å²) in [4.78, 5) is 11.1. The van der Waals surface area contributed by atoms with E-state index in [1.807, 2.05) is 31.3 Å². The number of anilines is 3. The molecule has 1 unspecified atom stereocenters. The fraction of sp³-hybridized carbons (Fsp3) is 0.500. The summed E-state index contributed by atoms with van der Waals surface area (Å²) >= 11 is 0. The van der Waals surface area contributed by atoms with Crippen LogP contribution in [-0.4, -0.2) is 54.8 Å². The monoisotopic (exact) mass is 371 g/mol. The lowest BCUT2D eigenvalue weighted by atomic mass is 10.2. The number of methoxy groups -OCH3 is 1. The van der Waals surface area contributed by atoms with Crippen molar-refractivity contribution in [1.82, 2.24) is 14.9 Å². The Hall–Kier alpha value is -2.54. The van der Waals surface area contributed by atoms with E-state index in [1.165, 1.54) is 19.4 Å². The van der Waals surface area contributed by atoms with Gasteiger partial charge in [-0.25, -0.2) is 4.98 Å². The second-order valence-corrected chi connectivity index (χ2v) is 6.74. The Bertz CT molecular complexity index is 740. The lowest BCUT2D eigenvalue weighted by Crippen LogP contribution is -2.28. The van der Waals surface area contributed by atoms with Crippen molar-refractivity contribution in [3.8, 4) is 11.5 Å². The summed E-state index contributed by atoms with van der Waals surface area (Å²) in [5.41, 5.74) is 0.854. The van der Waals surface area contributed by atoms with Crippen molar-refractivity contribution in [3.63, 3.8) is 0 Å². The Labute approximate surface area is 161 Å². The zero-order valence-electron chi connectivity index (χ0n) is 16.4. The molecule has 2 heterocycles. The van der Waals surface area contributed by atoms with Crippen molar-refractivity contribution in [1.29, 1.82) is 0 Å². The van der Waals surface area contributed by atoms with Gasteiger partial charge in [-0.2, -0.15) is 4.98 Å². The highest BCUT2D eigenvalue weighted by Crippen LogP contribution is 2.31. The number of hydrogen-bond donors (Lipinski definition) is 2. The first-order chi connectivity index (χ1) is 13.2. The van der Waals surface area contributed by atoms with Gasteiger partial charge in [0, 0.05) is 37.6 Å². The molecule has 146 valence electrons. The molecule has 1 aliphatic rings. The molecule has 1 fully saturated rings. The molecular weight excluding hydrogens is 342 g/mol. The van der Waals surface area contributed by atoms with Gasteiger partial charge in [0.15, 0.2) is 11.5 Å². The molecule has 1 aliphatic heterocycles. The number of ether oxygens (including phenoxy) is 2. The van der Waals surface area contributed by atoms with E-state index in [2.05, 4.69) is 32.4 Å². The zero-order chi connectivity index (χ0) is 19.1. The molecule has 1 aromatic carbocycles. The summed E-state index contributed by atoms with van der Waals surface area (Å²) < 4.78 is 11.4. The number of hydrogen-bond acceptors (Lipinski definition) is 7. The molecule has 3 rings (SSSR count). The van der Waals surface area contributed by atoms with Crippen LogP contribution in [0.15, 0.2) is 30.5 Å². The van der Waals surface area contributed by atoms with Crippen molar-refractivity contribution in [3.05, 3.63) is 30.5 Å². The third-order valence-corrected chi connectivity index (χ3v) is 4.87. The standard InChI is InChI=1S/C20H29N5O2/c1-15-6-4-11-25(15)12-5-13-27-18-14-16(7-8-17(18)26-3)23-20-22-10-9-19(21-2)24-20/h7-10,14-15H,4-6,11-13H2,1-3H3,(H2,21,22,23,24). The average molecular weight is 371 g/mol. The average Bonchev–Trinajstić information content (AvgIpc) is 3.10. The van der Waals surface area contributed by atoms with Crippen LogP contribution in [0.5, 0.6) is 11.5 Å². The van der Waals surface area contributed by atoms with Crippen LogP contribution < -0.4 is 20.1 Å². The molecule has 1 saturated heterocycles. The largest absolute Gasteiger partial charge is 0.493 e. The van der Waals surface area contributed by atoms with Crippen molar-refractivity contribution in [2.45, 2.75) is 32.2 Å². The minimum absolute atomic E-state index is 0.529. The van der Waals surface area contributed by atoms with Gasteiger partial charge in [0.2, 0.25) is 5.95 Å². The molecule has 1 aromatic heterocycles. The van der Waals surface area contributed by atoms with Crippen LogP contribution in [-0.2, 0) is 0 Å². The topological polar surface area (TPSA) is 71.5 Å². The van der Waals surface area contributed by atoms with Crippen molar-refractivity contribution < 1.29 is 9.47 Å². The van der Waals surface area contributed by atoms with E-state index in [0.29, 0.717) is 18.6 Å². The maximum atomic E-state index is 6.00. The quantitative estimate of drug-likeness (QED) is 0.653. The summed E-state index contributed by atoms with van der Waals surface area (Å²) in [6, 6.07) is 8.25. The number of rotatable bonds is 9. The van der Waals surface area contributed by atoms with Gasteiger partial charge in [-0.1, -0.05) is 0 Å². The van der Waals surface area contributed by atoms with E-state index in [4.69, 9.17) is 9.47 Å². The van der Waals surface area contributed by atoms with Crippen molar-refractivity contribution >= 4 is 17.5 Å². The Morgan fingerprint density at radius 1 is 1.26 bits per heavy atom. The number of nitrogens with zero attached hydrogens (tertiary/aromatic N) is 3. The molecular formula is C20H29N5O2. The molecule has 27 heavy (non-hydrogen) atoms. The van der Waals surface area contributed by atoms with Crippen LogP contribution in [0.25, 0.3) is 0 Å². The van der Waals surface area contributed by atoms with E-state index < -0.39 is 0 Å². The fourth-order valence-electron chi connectivity index (χ4n) is 3.33. The second-order valence-electron chi connectivity index (χ2n) is 6.74. The normalized spacial score (nSPS) is 16.9. The molecule has 0 saturated carbocycles. The van der Waals surface area contributed by atoms with Crippen molar-refractivity contribution in [2.75, 3.05) is 44.5 Å². The molecule has 0 amide bonds. The van der Waals surface area contributed by atoms with E-state index in [9.17, 15) is 0 Å². The lowest BCUT2D eigenvalue weighted by Gasteiger charge is -2.21. The SMILES string of the molecule is CNc1ccnc(Nc2ccc(OC)c(OCCCN3CCCC3C)c2)n1. The van der Waals surface area contributed by atoms with Gasteiger partial charge < -0.3 is 25.0 Å². The first-order valence-corrected chi connectivity index (χ1v) is 9.52. The predicted octanol–water partition coefficient (Wildman–Crippen LogP) is 3.52. The maximum Gasteiger partial charge on any atom is 0.229 e. The Morgan fingerprint density at radius 3 is 2.89 bits per heavy atom. The van der Waals surface area contributed by atoms with E-state index >= 15 is 0 Å². The molecule has 0 bridgehead atoms. The van der Waals surface area contributed by atoms with Crippen LogP contribution in [0, 0.1) is 0 Å². The first-order valence-electron chi connectivity index (χ1n) is 9.52. The number of benzene rings is 1. The Balaban J connectivity index is 1.59. The molecule has 2 N–H and O–H groups in total. The summed E-state index contributed by atoms with van der Waals surface area (Å²) in [5, 5.41) is 6.21. The van der Waals surface area contributed by atoms with Gasteiger partial charge >= 0.3 is 0 Å². The van der Waals surface area contributed by atoms with Gasteiger partial charge in [0.1, 0.15) is 5.82 Å². The van der Waals surface area contributed by atoms with Crippen LogP contribution in [0.2, 0.25) is 0 Å². The molecule has 2 aromatic rings. The number of nitrogens with one attached hydrogen (secondary N) is 2. The van der Waals surface area contributed by atoms with Gasteiger partial charge in [0.25, 0.3) is 0 Å². The van der Waals surface area contributed by atoms with Crippen LogP contribution >= 0.6 is 0 Å². The molecule has 1 atom stereocenters. The summed E-state index contributed by atoms with van der Waals surface area (Å²) in [6.07, 6.45) is 5.32. The zero-order valence-corrected chi connectivity index (χ0v) is 16.4. The fourth-order valence-corrected chi connectivity index (χ4v) is 3.33. The highest BCUT2D eigenvalue weighted by atomic mass is 16.5. The van der Waals surface area contributed by atoms with Crippen LogP contribution in [0.3, 0.4) is 0 Å². The smallest absolute Gasteiger partial charge is 0.229 e. The van der Waals surface area contributed by atoms with E-state index in [1.54, 1.807) is 13.3 Å².